The normalized spacial score (nSPS) is 27.6. The number of aliphatic carboxylic acids is 1. The Labute approximate surface area is 124 Å². The number of likely N-dealkylation sites (tertiary alicyclic amines) is 1. The molecule has 2 fully saturated rings. The van der Waals surface area contributed by atoms with E-state index >= 15 is 0 Å². The van der Waals surface area contributed by atoms with Crippen molar-refractivity contribution >= 4 is 11.9 Å². The van der Waals surface area contributed by atoms with Gasteiger partial charge >= 0.3 is 5.97 Å². The van der Waals surface area contributed by atoms with Gasteiger partial charge in [-0.05, 0) is 36.7 Å². The van der Waals surface area contributed by atoms with E-state index in [1.54, 1.807) is 0 Å². The van der Waals surface area contributed by atoms with Crippen molar-refractivity contribution in [3.05, 3.63) is 35.9 Å². The third kappa shape index (κ3) is 3.26. The molecule has 1 saturated carbocycles. The van der Waals surface area contributed by atoms with Gasteiger partial charge in [0.1, 0.15) is 0 Å². The Balaban J connectivity index is 1.50. The molecule has 3 rings (SSSR count). The predicted octanol–water partition coefficient (Wildman–Crippen LogP) is 2.50. The zero-order valence-electron chi connectivity index (χ0n) is 12.1. The quantitative estimate of drug-likeness (QED) is 0.905. The molecule has 0 bridgehead atoms. The maximum atomic E-state index is 12.5. The highest BCUT2D eigenvalue weighted by Gasteiger charge is 2.46. The molecule has 0 spiro atoms. The molecule has 1 aliphatic carbocycles. The molecule has 0 radical (unpaired) electrons. The van der Waals surface area contributed by atoms with Gasteiger partial charge in [-0.1, -0.05) is 30.3 Å². The minimum Gasteiger partial charge on any atom is -0.481 e. The van der Waals surface area contributed by atoms with Crippen molar-refractivity contribution in [1.29, 1.82) is 0 Å². The lowest BCUT2D eigenvalue weighted by Gasteiger charge is -2.16. The number of hydrogen-bond donors (Lipinski definition) is 1. The molecule has 1 aromatic carbocycles. The van der Waals surface area contributed by atoms with Gasteiger partial charge in [0.05, 0.1) is 0 Å². The average molecular weight is 287 g/mol. The molecule has 4 nitrogen and oxygen atoms in total. The number of carbonyl (C=O) groups excluding carboxylic acids is 1. The second-order valence-corrected chi connectivity index (χ2v) is 6.23. The summed E-state index contributed by atoms with van der Waals surface area (Å²) in [7, 11) is 0. The number of carbonyl (C=O) groups is 2. The number of nitrogens with zero attached hydrogens (tertiary/aromatic N) is 1. The van der Waals surface area contributed by atoms with Crippen LogP contribution in [0.2, 0.25) is 0 Å². The Kier molecular flexibility index (Phi) is 3.95. The zero-order valence-corrected chi connectivity index (χ0v) is 12.1. The molecular weight excluding hydrogens is 266 g/mol. The number of benzene rings is 1. The fraction of sp³-hybridized carbons (Fsp3) is 0.529. The molecule has 1 saturated heterocycles. The number of rotatable bonds is 5. The van der Waals surface area contributed by atoms with Gasteiger partial charge in [0.25, 0.3) is 0 Å². The number of hydrogen-bond acceptors (Lipinski definition) is 2. The van der Waals surface area contributed by atoms with Crippen molar-refractivity contribution in [2.75, 3.05) is 13.1 Å². The van der Waals surface area contributed by atoms with Crippen molar-refractivity contribution < 1.29 is 14.7 Å². The monoisotopic (exact) mass is 287 g/mol. The molecular formula is C17H21NO3. The van der Waals surface area contributed by atoms with E-state index in [4.69, 9.17) is 5.11 Å². The van der Waals surface area contributed by atoms with Crippen LogP contribution in [0.15, 0.2) is 30.3 Å². The SMILES string of the molecule is O=C(O)CCC1CCN(C(=O)C2CC2c2ccccc2)C1. The second-order valence-electron chi connectivity index (χ2n) is 6.23. The summed E-state index contributed by atoms with van der Waals surface area (Å²) in [5, 5.41) is 8.73. The topological polar surface area (TPSA) is 57.6 Å². The van der Waals surface area contributed by atoms with Gasteiger partial charge < -0.3 is 10.0 Å². The molecule has 1 heterocycles. The van der Waals surface area contributed by atoms with Crippen LogP contribution in [-0.2, 0) is 9.59 Å². The van der Waals surface area contributed by atoms with Crippen molar-refractivity contribution in [1.82, 2.24) is 4.90 Å². The average Bonchev–Trinajstić information content (AvgIpc) is 3.15. The molecule has 3 atom stereocenters. The van der Waals surface area contributed by atoms with Gasteiger partial charge in [0.15, 0.2) is 0 Å². The highest BCUT2D eigenvalue weighted by Crippen LogP contribution is 2.48. The van der Waals surface area contributed by atoms with Gasteiger partial charge in [-0.25, -0.2) is 0 Å². The molecule has 1 amide bonds. The van der Waals surface area contributed by atoms with Gasteiger partial charge in [0.2, 0.25) is 5.91 Å². The minimum absolute atomic E-state index is 0.144. The van der Waals surface area contributed by atoms with Gasteiger partial charge in [-0.15, -0.1) is 0 Å². The first-order valence-electron chi connectivity index (χ1n) is 7.70. The lowest BCUT2D eigenvalue weighted by Crippen LogP contribution is -2.30. The smallest absolute Gasteiger partial charge is 0.303 e. The molecule has 112 valence electrons. The molecule has 3 unspecified atom stereocenters. The molecule has 1 aliphatic heterocycles. The summed E-state index contributed by atoms with van der Waals surface area (Å²) in [6, 6.07) is 10.2. The Hall–Kier alpha value is -1.84. The largest absolute Gasteiger partial charge is 0.481 e. The van der Waals surface area contributed by atoms with Crippen molar-refractivity contribution in [3.63, 3.8) is 0 Å². The Morgan fingerprint density at radius 1 is 1.24 bits per heavy atom. The van der Waals surface area contributed by atoms with Crippen LogP contribution in [0.1, 0.15) is 37.2 Å². The van der Waals surface area contributed by atoms with Crippen LogP contribution < -0.4 is 0 Å². The lowest BCUT2D eigenvalue weighted by atomic mass is 10.0. The third-order valence-electron chi connectivity index (χ3n) is 4.70. The molecule has 4 heteroatoms. The predicted molar refractivity (Wildman–Crippen MR) is 78.8 cm³/mol. The molecule has 1 aromatic rings. The summed E-state index contributed by atoms with van der Waals surface area (Å²) >= 11 is 0. The molecule has 2 aliphatic rings. The maximum absolute atomic E-state index is 12.5. The first-order chi connectivity index (χ1) is 10.1. The van der Waals surface area contributed by atoms with E-state index in [9.17, 15) is 9.59 Å². The summed E-state index contributed by atoms with van der Waals surface area (Å²) in [5.41, 5.74) is 1.26. The van der Waals surface area contributed by atoms with Crippen molar-refractivity contribution in [2.45, 2.75) is 31.6 Å². The van der Waals surface area contributed by atoms with Gasteiger partial charge in [-0.3, -0.25) is 9.59 Å². The standard InChI is InChI=1S/C17H21NO3/c19-16(20)7-6-12-8-9-18(11-12)17(21)15-10-14(15)13-4-2-1-3-5-13/h1-5,12,14-15H,6-11H2,(H,19,20). The highest BCUT2D eigenvalue weighted by molar-refractivity contribution is 5.83. The Morgan fingerprint density at radius 3 is 2.71 bits per heavy atom. The van der Waals surface area contributed by atoms with Crippen LogP contribution in [0.5, 0.6) is 0 Å². The number of carboxylic acids is 1. The summed E-state index contributed by atoms with van der Waals surface area (Å²) in [6.07, 6.45) is 2.80. The minimum atomic E-state index is -0.744. The van der Waals surface area contributed by atoms with E-state index in [1.165, 1.54) is 5.56 Å². The van der Waals surface area contributed by atoms with Crippen molar-refractivity contribution in [3.8, 4) is 0 Å². The first-order valence-corrected chi connectivity index (χ1v) is 7.70. The molecule has 21 heavy (non-hydrogen) atoms. The highest BCUT2D eigenvalue weighted by atomic mass is 16.4. The summed E-state index contributed by atoms with van der Waals surface area (Å²) in [5.74, 6) is 0.411. The van der Waals surface area contributed by atoms with Gasteiger partial charge in [-0.2, -0.15) is 0 Å². The van der Waals surface area contributed by atoms with E-state index in [0.29, 0.717) is 18.3 Å². The summed E-state index contributed by atoms with van der Waals surface area (Å²) < 4.78 is 0. The van der Waals surface area contributed by atoms with Crippen LogP contribution in [-0.4, -0.2) is 35.0 Å². The Morgan fingerprint density at radius 2 is 2.00 bits per heavy atom. The van der Waals surface area contributed by atoms with E-state index in [-0.39, 0.29) is 18.2 Å². The Bertz CT molecular complexity index is 528. The van der Waals surface area contributed by atoms with Crippen molar-refractivity contribution in [2.24, 2.45) is 11.8 Å². The number of carboxylic acid groups (broad SMARTS) is 1. The molecule has 0 aromatic heterocycles. The van der Waals surface area contributed by atoms with Crippen LogP contribution in [0.4, 0.5) is 0 Å². The molecule has 1 N–H and O–H groups in total. The van der Waals surface area contributed by atoms with E-state index in [0.717, 1.165) is 25.9 Å². The van der Waals surface area contributed by atoms with Crippen LogP contribution in [0.25, 0.3) is 0 Å². The second kappa shape index (κ2) is 5.88. The first kappa shape index (κ1) is 14.1. The fourth-order valence-electron chi connectivity index (χ4n) is 3.37. The third-order valence-corrected chi connectivity index (χ3v) is 4.70. The maximum Gasteiger partial charge on any atom is 0.303 e. The zero-order chi connectivity index (χ0) is 14.8. The van der Waals surface area contributed by atoms with E-state index < -0.39 is 5.97 Å². The van der Waals surface area contributed by atoms with Crippen LogP contribution in [0.3, 0.4) is 0 Å². The summed E-state index contributed by atoms with van der Waals surface area (Å²) in [4.78, 5) is 25.0. The van der Waals surface area contributed by atoms with Crippen LogP contribution >= 0.6 is 0 Å². The number of amides is 1. The lowest BCUT2D eigenvalue weighted by molar-refractivity contribution is -0.137. The fourth-order valence-corrected chi connectivity index (χ4v) is 3.37. The van der Waals surface area contributed by atoms with Crippen LogP contribution in [0, 0.1) is 11.8 Å². The van der Waals surface area contributed by atoms with E-state index in [2.05, 4.69) is 12.1 Å². The van der Waals surface area contributed by atoms with E-state index in [1.807, 2.05) is 23.1 Å². The van der Waals surface area contributed by atoms with Gasteiger partial charge in [0, 0.05) is 25.4 Å². The summed E-state index contributed by atoms with van der Waals surface area (Å²) in [6.45, 7) is 1.53.